The van der Waals surface area contributed by atoms with Crippen molar-refractivity contribution in [2.45, 2.75) is 69.9 Å². The summed E-state index contributed by atoms with van der Waals surface area (Å²) in [5, 5.41) is 3.19. The lowest BCUT2D eigenvalue weighted by Crippen LogP contribution is -2.40. The van der Waals surface area contributed by atoms with Crippen molar-refractivity contribution in [3.8, 4) is 0 Å². The van der Waals surface area contributed by atoms with Crippen LogP contribution in [0.4, 0.5) is 8.78 Å². The van der Waals surface area contributed by atoms with Crippen molar-refractivity contribution in [3.05, 3.63) is 54.1 Å². The number of hydrogen-bond donors (Lipinski definition) is 1. The molecule has 7 heteroatoms. The molecular weight excluding hydrogens is 410 g/mol. The molecule has 0 unspecified atom stereocenters. The van der Waals surface area contributed by atoms with Gasteiger partial charge in [-0.25, -0.2) is 13.8 Å². The Hall–Kier alpha value is -2.28. The van der Waals surface area contributed by atoms with Crippen molar-refractivity contribution in [2.24, 2.45) is 5.92 Å². The molecule has 0 spiro atoms. The summed E-state index contributed by atoms with van der Waals surface area (Å²) < 4.78 is 29.3. The van der Waals surface area contributed by atoms with E-state index in [1.807, 2.05) is 43.5 Å². The van der Waals surface area contributed by atoms with Crippen LogP contribution >= 0.6 is 0 Å². The molecule has 1 N–H and O–H groups in total. The largest absolute Gasteiger partial charge is 0.349 e. The summed E-state index contributed by atoms with van der Waals surface area (Å²) in [6, 6.07) is 10.4. The lowest BCUT2D eigenvalue weighted by molar-refractivity contribution is -0.130. The van der Waals surface area contributed by atoms with Crippen molar-refractivity contribution in [1.29, 1.82) is 0 Å². The zero-order valence-electron chi connectivity index (χ0n) is 18.9. The number of imidazole rings is 1. The van der Waals surface area contributed by atoms with Crippen LogP contribution < -0.4 is 5.32 Å². The average Bonchev–Trinajstić information content (AvgIpc) is 3.23. The Balaban J connectivity index is 1.32. The van der Waals surface area contributed by atoms with Gasteiger partial charge in [0.2, 0.25) is 11.8 Å². The molecule has 2 aromatic rings. The van der Waals surface area contributed by atoms with Crippen LogP contribution in [0.1, 0.15) is 68.4 Å². The average molecular weight is 445 g/mol. The second-order valence-corrected chi connectivity index (χ2v) is 9.35. The van der Waals surface area contributed by atoms with E-state index in [0.29, 0.717) is 6.04 Å². The first kappa shape index (κ1) is 22.9. The number of hydrogen-bond acceptors (Lipinski definition) is 3. The molecule has 0 radical (unpaired) electrons. The smallest absolute Gasteiger partial charge is 0.248 e. The minimum atomic E-state index is -2.61. The fraction of sp³-hybridized carbons (Fsp3) is 0.600. The van der Waals surface area contributed by atoms with Crippen LogP contribution in [-0.4, -0.2) is 45.9 Å². The first-order chi connectivity index (χ1) is 15.4. The van der Waals surface area contributed by atoms with E-state index >= 15 is 0 Å². The number of aromatic nitrogens is 2. The van der Waals surface area contributed by atoms with Crippen molar-refractivity contribution in [2.75, 3.05) is 19.6 Å². The van der Waals surface area contributed by atoms with Gasteiger partial charge in [0.25, 0.3) is 0 Å². The normalized spacial score (nSPS) is 21.3. The van der Waals surface area contributed by atoms with Gasteiger partial charge in [-0.05, 0) is 44.6 Å². The number of nitrogens with zero attached hydrogens (tertiary/aromatic N) is 3. The molecule has 4 rings (SSSR count). The molecular formula is C25H34F2N4O. The maximum Gasteiger partial charge on any atom is 0.248 e. The molecule has 1 aliphatic heterocycles. The van der Waals surface area contributed by atoms with Gasteiger partial charge < -0.3 is 14.8 Å². The zero-order chi connectivity index (χ0) is 22.6. The third-order valence-electron chi connectivity index (χ3n) is 7.15. The summed E-state index contributed by atoms with van der Waals surface area (Å²) in [5.74, 6) is -1.94. The van der Waals surface area contributed by atoms with Gasteiger partial charge in [0, 0.05) is 56.8 Å². The number of alkyl halides is 2. The number of piperidine rings is 1. The van der Waals surface area contributed by atoms with Gasteiger partial charge >= 0.3 is 0 Å². The summed E-state index contributed by atoms with van der Waals surface area (Å²) in [6.45, 7) is 5.00. The molecule has 2 heterocycles. The number of likely N-dealkylation sites (tertiary alicyclic amines) is 1. The number of benzene rings is 1. The van der Waals surface area contributed by atoms with Crippen molar-refractivity contribution in [1.82, 2.24) is 19.8 Å². The number of aryl methyl sites for hydroxylation is 1. The molecule has 2 fully saturated rings. The monoisotopic (exact) mass is 444 g/mol. The Morgan fingerprint density at radius 1 is 1.16 bits per heavy atom. The van der Waals surface area contributed by atoms with E-state index in [0.717, 1.165) is 50.3 Å². The highest BCUT2D eigenvalue weighted by molar-refractivity contribution is 5.79. The van der Waals surface area contributed by atoms with Crippen LogP contribution in [0.25, 0.3) is 0 Å². The summed E-state index contributed by atoms with van der Waals surface area (Å²) in [5.41, 5.74) is 1.07. The molecule has 1 saturated carbocycles. The quantitative estimate of drug-likeness (QED) is 0.661. The number of rotatable bonds is 7. The molecule has 1 aromatic heterocycles. The minimum Gasteiger partial charge on any atom is -0.349 e. The van der Waals surface area contributed by atoms with E-state index in [1.54, 1.807) is 0 Å². The van der Waals surface area contributed by atoms with Crippen molar-refractivity contribution < 1.29 is 13.6 Å². The van der Waals surface area contributed by atoms with Crippen LogP contribution in [-0.2, 0) is 4.79 Å². The van der Waals surface area contributed by atoms with Gasteiger partial charge in [-0.2, -0.15) is 0 Å². The Labute approximate surface area is 189 Å². The van der Waals surface area contributed by atoms with Gasteiger partial charge in [-0.1, -0.05) is 30.3 Å². The Bertz CT molecular complexity index is 867. The molecule has 1 aromatic carbocycles. The van der Waals surface area contributed by atoms with Gasteiger partial charge in [0.05, 0.1) is 6.04 Å². The lowest BCUT2D eigenvalue weighted by atomic mass is 9.86. The van der Waals surface area contributed by atoms with Crippen LogP contribution in [0.2, 0.25) is 0 Å². The van der Waals surface area contributed by atoms with E-state index in [4.69, 9.17) is 0 Å². The van der Waals surface area contributed by atoms with E-state index in [9.17, 15) is 13.6 Å². The van der Waals surface area contributed by atoms with E-state index in [-0.39, 0.29) is 43.6 Å². The maximum absolute atomic E-state index is 13.5. The number of nitrogens with one attached hydrogen (secondary N) is 1. The molecule has 1 saturated heterocycles. The summed E-state index contributed by atoms with van der Waals surface area (Å²) in [7, 11) is 0. The molecule has 2 aliphatic rings. The highest BCUT2D eigenvalue weighted by atomic mass is 19.3. The molecule has 1 amide bonds. The summed E-state index contributed by atoms with van der Waals surface area (Å²) in [6.07, 6.45) is 7.08. The molecule has 1 atom stereocenters. The van der Waals surface area contributed by atoms with E-state index in [1.165, 1.54) is 0 Å². The third-order valence-corrected chi connectivity index (χ3v) is 7.15. The van der Waals surface area contributed by atoms with Gasteiger partial charge in [-0.15, -0.1) is 0 Å². The highest BCUT2D eigenvalue weighted by Gasteiger charge is 2.37. The van der Waals surface area contributed by atoms with Gasteiger partial charge in [-0.3, -0.25) is 4.79 Å². The fourth-order valence-electron chi connectivity index (χ4n) is 5.11. The van der Waals surface area contributed by atoms with Crippen LogP contribution in [0.3, 0.4) is 0 Å². The number of carbonyl (C=O) groups excluding carboxylic acids is 1. The standard InChI is InChI=1S/C25H34F2N4O/c1-19-28-14-18-31(19)22-9-15-30(16-10-22)17-11-23(20-5-3-2-4-6-20)29-24(32)21-7-12-25(26,27)13-8-21/h2-6,14,18,21-23H,7-13,15-17H2,1H3,(H,29,32)/t23-/m0/s1. The fourth-order valence-corrected chi connectivity index (χ4v) is 5.11. The third kappa shape index (κ3) is 5.74. The first-order valence-electron chi connectivity index (χ1n) is 11.9. The SMILES string of the molecule is Cc1nccn1C1CCN(CC[C@H](NC(=O)C2CCC(F)(F)CC2)c2ccccc2)CC1. The van der Waals surface area contributed by atoms with E-state index in [2.05, 4.69) is 26.0 Å². The van der Waals surface area contributed by atoms with Crippen LogP contribution in [0, 0.1) is 12.8 Å². The minimum absolute atomic E-state index is 0.0800. The highest BCUT2D eigenvalue weighted by Crippen LogP contribution is 2.36. The zero-order valence-corrected chi connectivity index (χ0v) is 18.9. The second-order valence-electron chi connectivity index (χ2n) is 9.35. The van der Waals surface area contributed by atoms with Gasteiger partial charge in [0.15, 0.2) is 0 Å². The van der Waals surface area contributed by atoms with Crippen LogP contribution in [0.5, 0.6) is 0 Å². The maximum atomic E-state index is 13.5. The second kappa shape index (κ2) is 10.1. The number of carbonyl (C=O) groups is 1. The molecule has 174 valence electrons. The first-order valence-corrected chi connectivity index (χ1v) is 11.9. The Morgan fingerprint density at radius 3 is 2.47 bits per heavy atom. The Kier molecular flexibility index (Phi) is 7.23. The predicted octanol–water partition coefficient (Wildman–Crippen LogP) is 4.90. The van der Waals surface area contributed by atoms with Gasteiger partial charge in [0.1, 0.15) is 5.82 Å². The van der Waals surface area contributed by atoms with Crippen molar-refractivity contribution >= 4 is 5.91 Å². The molecule has 1 aliphatic carbocycles. The molecule has 5 nitrogen and oxygen atoms in total. The Morgan fingerprint density at radius 2 is 1.84 bits per heavy atom. The predicted molar refractivity (Wildman–Crippen MR) is 121 cm³/mol. The van der Waals surface area contributed by atoms with E-state index < -0.39 is 5.92 Å². The summed E-state index contributed by atoms with van der Waals surface area (Å²) in [4.78, 5) is 19.7. The molecule has 0 bridgehead atoms. The number of halogens is 2. The molecule has 32 heavy (non-hydrogen) atoms. The topological polar surface area (TPSA) is 50.2 Å². The number of amides is 1. The van der Waals surface area contributed by atoms with Crippen molar-refractivity contribution in [3.63, 3.8) is 0 Å². The summed E-state index contributed by atoms with van der Waals surface area (Å²) >= 11 is 0. The lowest BCUT2D eigenvalue weighted by Gasteiger charge is -2.34. The van der Waals surface area contributed by atoms with Crippen LogP contribution in [0.15, 0.2) is 42.7 Å².